The lowest BCUT2D eigenvalue weighted by molar-refractivity contribution is 0.483. The summed E-state index contributed by atoms with van der Waals surface area (Å²) in [5.74, 6) is 1.28. The van der Waals surface area contributed by atoms with Gasteiger partial charge in [0.25, 0.3) is 0 Å². The van der Waals surface area contributed by atoms with Crippen LogP contribution in [-0.2, 0) is 12.8 Å². The lowest BCUT2D eigenvalue weighted by atomic mass is 9.91. The number of hydrogen-bond donors (Lipinski definition) is 1. The van der Waals surface area contributed by atoms with Crippen LogP contribution in [0.1, 0.15) is 29.8 Å². The largest absolute Gasteiger partial charge is 0.457 e. The Kier molecular flexibility index (Phi) is 4.98. The number of ether oxygens (including phenoxy) is 1. The van der Waals surface area contributed by atoms with Gasteiger partial charge in [-0.05, 0) is 62.4 Å². The van der Waals surface area contributed by atoms with Crippen molar-refractivity contribution in [2.45, 2.75) is 32.6 Å². The Morgan fingerprint density at radius 3 is 2.37 bits per heavy atom. The monoisotopic (exact) mass is 399 g/mol. The van der Waals surface area contributed by atoms with Gasteiger partial charge in [0.05, 0.1) is 10.0 Å². The highest BCUT2D eigenvalue weighted by atomic mass is 35.5. The fourth-order valence-electron chi connectivity index (χ4n) is 3.62. The van der Waals surface area contributed by atoms with Gasteiger partial charge in [0.1, 0.15) is 11.5 Å². The third kappa shape index (κ3) is 3.62. The van der Waals surface area contributed by atoms with E-state index in [1.54, 1.807) is 18.2 Å². The summed E-state index contributed by atoms with van der Waals surface area (Å²) in [4.78, 5) is 16.4. The van der Waals surface area contributed by atoms with E-state index in [0.29, 0.717) is 21.5 Å². The summed E-state index contributed by atoms with van der Waals surface area (Å²) in [6.07, 6.45) is 4.04. The predicted molar refractivity (Wildman–Crippen MR) is 110 cm³/mol. The number of aromatic nitrogens is 1. The van der Waals surface area contributed by atoms with Crippen molar-refractivity contribution in [1.29, 1.82) is 0 Å². The van der Waals surface area contributed by atoms with Crippen LogP contribution in [0.25, 0.3) is 11.1 Å². The van der Waals surface area contributed by atoms with Gasteiger partial charge in [-0.2, -0.15) is 0 Å². The number of aromatic amines is 1. The Morgan fingerprint density at radius 1 is 0.926 bits per heavy atom. The van der Waals surface area contributed by atoms with Crippen molar-refractivity contribution >= 4 is 23.2 Å². The van der Waals surface area contributed by atoms with Crippen LogP contribution < -0.4 is 10.2 Å². The molecule has 138 valence electrons. The zero-order valence-electron chi connectivity index (χ0n) is 14.9. The maximum absolute atomic E-state index is 13.0. The number of hydrogen-bond acceptors (Lipinski definition) is 2. The molecule has 1 heterocycles. The van der Waals surface area contributed by atoms with Crippen molar-refractivity contribution in [1.82, 2.24) is 4.98 Å². The normalized spacial score (nSPS) is 13.3. The van der Waals surface area contributed by atoms with Crippen molar-refractivity contribution in [3.8, 4) is 22.6 Å². The van der Waals surface area contributed by atoms with Crippen LogP contribution in [0.3, 0.4) is 0 Å². The molecular formula is C22H19Cl2NO2. The summed E-state index contributed by atoms with van der Waals surface area (Å²) in [6, 6.07) is 12.7. The Morgan fingerprint density at radius 2 is 1.63 bits per heavy atom. The van der Waals surface area contributed by atoms with Gasteiger partial charge in [-0.25, -0.2) is 0 Å². The van der Waals surface area contributed by atoms with Crippen LogP contribution in [0.2, 0.25) is 10.0 Å². The average Bonchev–Trinajstić information content (AvgIpc) is 2.66. The standard InChI is InChI=1S/C22H19Cl2NO2/c1-13-21(22(26)17-4-2-3-5-20(17)25-13)14-6-8-15(9-7-14)27-16-10-11-18(23)19(24)12-16/h6-12H,2-5H2,1H3,(H,25,26). The number of halogens is 2. The molecule has 0 saturated heterocycles. The lowest BCUT2D eigenvalue weighted by Crippen LogP contribution is -2.21. The molecule has 0 spiro atoms. The first kappa shape index (κ1) is 18.1. The Labute approximate surface area is 167 Å². The first-order chi connectivity index (χ1) is 13.0. The summed E-state index contributed by atoms with van der Waals surface area (Å²) in [6.45, 7) is 1.96. The van der Waals surface area contributed by atoms with Gasteiger partial charge < -0.3 is 9.72 Å². The number of H-pyrrole nitrogens is 1. The molecule has 2 aromatic carbocycles. The smallest absolute Gasteiger partial charge is 0.193 e. The number of rotatable bonds is 3. The summed E-state index contributed by atoms with van der Waals surface area (Å²) >= 11 is 12.0. The quantitative estimate of drug-likeness (QED) is 0.558. The SMILES string of the molecule is Cc1[nH]c2c(c(=O)c1-c1ccc(Oc3ccc(Cl)c(Cl)c3)cc1)CCCC2. The molecule has 0 amide bonds. The van der Waals surface area contributed by atoms with Gasteiger partial charge in [-0.3, -0.25) is 4.79 Å². The minimum Gasteiger partial charge on any atom is -0.457 e. The van der Waals surface area contributed by atoms with E-state index >= 15 is 0 Å². The highest BCUT2D eigenvalue weighted by Crippen LogP contribution is 2.31. The molecule has 0 bridgehead atoms. The Balaban J connectivity index is 1.64. The predicted octanol–water partition coefficient (Wildman–Crippen LogP) is 6.33. The topological polar surface area (TPSA) is 42.1 Å². The third-order valence-corrected chi connectivity index (χ3v) is 5.69. The van der Waals surface area contributed by atoms with E-state index in [9.17, 15) is 4.79 Å². The fraction of sp³-hybridized carbons (Fsp3) is 0.227. The van der Waals surface area contributed by atoms with Crippen LogP contribution >= 0.6 is 23.2 Å². The lowest BCUT2D eigenvalue weighted by Gasteiger charge is -2.18. The molecule has 5 heteroatoms. The molecule has 0 fully saturated rings. The van der Waals surface area contributed by atoms with E-state index in [-0.39, 0.29) is 5.43 Å². The van der Waals surface area contributed by atoms with Gasteiger partial charge in [0, 0.05) is 28.6 Å². The van der Waals surface area contributed by atoms with Gasteiger partial charge in [-0.1, -0.05) is 35.3 Å². The van der Waals surface area contributed by atoms with E-state index in [4.69, 9.17) is 27.9 Å². The van der Waals surface area contributed by atoms with Crippen molar-refractivity contribution in [2.75, 3.05) is 0 Å². The number of fused-ring (bicyclic) bond motifs is 1. The summed E-state index contributed by atoms with van der Waals surface area (Å²) in [5.41, 5.74) is 4.75. The molecule has 0 saturated carbocycles. The molecule has 3 aromatic rings. The highest BCUT2D eigenvalue weighted by molar-refractivity contribution is 6.42. The van der Waals surface area contributed by atoms with Crippen LogP contribution in [0.5, 0.6) is 11.5 Å². The second kappa shape index (κ2) is 7.41. The molecule has 1 N–H and O–H groups in total. The van der Waals surface area contributed by atoms with Crippen LogP contribution in [0, 0.1) is 6.92 Å². The van der Waals surface area contributed by atoms with Crippen LogP contribution in [-0.4, -0.2) is 4.98 Å². The van der Waals surface area contributed by atoms with E-state index in [2.05, 4.69) is 4.98 Å². The Bertz CT molecular complexity index is 1060. The van der Waals surface area contributed by atoms with Crippen LogP contribution in [0.4, 0.5) is 0 Å². The van der Waals surface area contributed by atoms with Gasteiger partial charge >= 0.3 is 0 Å². The summed E-state index contributed by atoms with van der Waals surface area (Å²) in [5, 5.41) is 0.934. The molecular weight excluding hydrogens is 381 g/mol. The van der Waals surface area contributed by atoms with E-state index < -0.39 is 0 Å². The molecule has 0 radical (unpaired) electrons. The molecule has 3 nitrogen and oxygen atoms in total. The molecule has 27 heavy (non-hydrogen) atoms. The van der Waals surface area contributed by atoms with Crippen molar-refractivity contribution in [3.63, 3.8) is 0 Å². The molecule has 1 aromatic heterocycles. The molecule has 0 unspecified atom stereocenters. The molecule has 0 atom stereocenters. The van der Waals surface area contributed by atoms with Gasteiger partial charge in [-0.15, -0.1) is 0 Å². The minimum atomic E-state index is 0.152. The molecule has 4 rings (SSSR count). The number of benzene rings is 2. The second-order valence-electron chi connectivity index (χ2n) is 6.82. The maximum atomic E-state index is 13.0. The second-order valence-corrected chi connectivity index (χ2v) is 7.64. The summed E-state index contributed by atoms with van der Waals surface area (Å²) < 4.78 is 5.83. The van der Waals surface area contributed by atoms with Crippen molar-refractivity contribution in [3.05, 3.63) is 79.7 Å². The highest BCUT2D eigenvalue weighted by Gasteiger charge is 2.18. The van der Waals surface area contributed by atoms with Crippen LogP contribution in [0.15, 0.2) is 47.3 Å². The maximum Gasteiger partial charge on any atom is 0.193 e. The van der Waals surface area contributed by atoms with Gasteiger partial charge in [0.15, 0.2) is 5.43 Å². The van der Waals surface area contributed by atoms with E-state index in [1.807, 2.05) is 31.2 Å². The van der Waals surface area contributed by atoms with E-state index in [1.165, 1.54) is 0 Å². The zero-order valence-corrected chi connectivity index (χ0v) is 16.5. The van der Waals surface area contributed by atoms with Crippen molar-refractivity contribution in [2.24, 2.45) is 0 Å². The zero-order chi connectivity index (χ0) is 19.0. The fourth-order valence-corrected chi connectivity index (χ4v) is 3.91. The van der Waals surface area contributed by atoms with Crippen molar-refractivity contribution < 1.29 is 4.74 Å². The molecule has 1 aliphatic carbocycles. The molecule has 1 aliphatic rings. The number of pyridine rings is 1. The van der Waals surface area contributed by atoms with E-state index in [0.717, 1.165) is 53.8 Å². The third-order valence-electron chi connectivity index (χ3n) is 4.95. The molecule has 0 aliphatic heterocycles. The number of aryl methyl sites for hydroxylation is 2. The average molecular weight is 400 g/mol. The minimum absolute atomic E-state index is 0.152. The Hall–Kier alpha value is -2.23. The number of nitrogens with one attached hydrogen (secondary N) is 1. The van der Waals surface area contributed by atoms with Gasteiger partial charge in [0.2, 0.25) is 0 Å². The summed E-state index contributed by atoms with van der Waals surface area (Å²) in [7, 11) is 0. The first-order valence-electron chi connectivity index (χ1n) is 9.01. The first-order valence-corrected chi connectivity index (χ1v) is 9.76.